The Hall–Kier alpha value is -1.98. The van der Waals surface area contributed by atoms with Crippen molar-refractivity contribution in [2.24, 2.45) is 4.99 Å². The zero-order valence-corrected chi connectivity index (χ0v) is 12.6. The van der Waals surface area contributed by atoms with Gasteiger partial charge in [-0.15, -0.1) is 11.3 Å². The first-order valence-corrected chi connectivity index (χ1v) is 7.43. The number of aromatic carboxylic acids is 1. The van der Waals surface area contributed by atoms with Crippen LogP contribution in [0.5, 0.6) is 0 Å². The molecule has 1 atom stereocenters. The van der Waals surface area contributed by atoms with E-state index in [9.17, 15) is 9.90 Å². The number of aliphatic imine (C=N–C) groups is 1. The summed E-state index contributed by atoms with van der Waals surface area (Å²) in [7, 11) is 0. The van der Waals surface area contributed by atoms with Crippen LogP contribution in [0.25, 0.3) is 0 Å². The average Bonchev–Trinajstić information content (AvgIpc) is 3.07. The van der Waals surface area contributed by atoms with Crippen LogP contribution in [0.1, 0.15) is 25.9 Å². The second kappa shape index (κ2) is 5.09. The molecule has 0 spiro atoms. The number of thiazole rings is 1. The fraction of sp³-hybridized carbons (Fsp3) is 0.133. The number of carboxylic acid groups (broad SMARTS) is 1. The number of rotatable bonds is 3. The van der Waals surface area contributed by atoms with Gasteiger partial charge in [-0.3, -0.25) is 4.99 Å². The molecule has 1 aromatic carbocycles. The lowest BCUT2D eigenvalue weighted by molar-refractivity contribution is 0.0701. The third kappa shape index (κ3) is 2.28. The highest BCUT2D eigenvalue weighted by atomic mass is 35.5. The van der Waals surface area contributed by atoms with Crippen molar-refractivity contribution in [1.29, 1.82) is 0 Å². The largest absolute Gasteiger partial charge is 0.477 e. The van der Waals surface area contributed by atoms with Crippen LogP contribution in [0.3, 0.4) is 0 Å². The Balaban J connectivity index is 2.17. The number of carboxylic acids is 1. The molecule has 2 aromatic rings. The molecule has 0 radical (unpaired) electrons. The summed E-state index contributed by atoms with van der Waals surface area (Å²) in [6, 6.07) is 7.34. The van der Waals surface area contributed by atoms with Crippen LogP contribution < -0.4 is 0 Å². The maximum atomic E-state index is 11.2. The lowest BCUT2D eigenvalue weighted by Gasteiger charge is -2.22. The molecule has 1 N–H and O–H groups in total. The Bertz CT molecular complexity index is 750. The SMILES string of the molecule is Cc1nc(C2(c3ccc(Cl)cc3)C=CC=N2)sc1C(=O)O. The fourth-order valence-corrected chi connectivity index (χ4v) is 3.45. The smallest absolute Gasteiger partial charge is 0.347 e. The van der Waals surface area contributed by atoms with E-state index in [1.165, 1.54) is 0 Å². The van der Waals surface area contributed by atoms with Gasteiger partial charge >= 0.3 is 5.97 Å². The van der Waals surface area contributed by atoms with E-state index >= 15 is 0 Å². The van der Waals surface area contributed by atoms with E-state index in [1.54, 1.807) is 25.3 Å². The fourth-order valence-electron chi connectivity index (χ4n) is 2.27. The molecular weight excluding hydrogens is 308 g/mol. The van der Waals surface area contributed by atoms with E-state index in [1.807, 2.05) is 24.3 Å². The Morgan fingerprint density at radius 2 is 2.05 bits per heavy atom. The van der Waals surface area contributed by atoms with Crippen LogP contribution in [-0.4, -0.2) is 22.3 Å². The number of allylic oxidation sites excluding steroid dienone is 1. The predicted molar refractivity (Wildman–Crippen MR) is 83.7 cm³/mol. The van der Waals surface area contributed by atoms with Gasteiger partial charge in [0.2, 0.25) is 0 Å². The Morgan fingerprint density at radius 3 is 2.57 bits per heavy atom. The molecule has 21 heavy (non-hydrogen) atoms. The van der Waals surface area contributed by atoms with E-state index in [2.05, 4.69) is 9.98 Å². The summed E-state index contributed by atoms with van der Waals surface area (Å²) in [6.45, 7) is 1.70. The van der Waals surface area contributed by atoms with Crippen molar-refractivity contribution < 1.29 is 9.90 Å². The second-order valence-electron chi connectivity index (χ2n) is 4.65. The van der Waals surface area contributed by atoms with Crippen molar-refractivity contribution in [2.45, 2.75) is 12.5 Å². The van der Waals surface area contributed by atoms with Gasteiger partial charge in [0, 0.05) is 11.2 Å². The molecule has 0 bridgehead atoms. The van der Waals surface area contributed by atoms with Crippen LogP contribution in [0.15, 0.2) is 41.4 Å². The van der Waals surface area contributed by atoms with E-state index in [0.29, 0.717) is 15.7 Å². The summed E-state index contributed by atoms with van der Waals surface area (Å²) >= 11 is 7.09. The quantitative estimate of drug-likeness (QED) is 0.938. The van der Waals surface area contributed by atoms with Gasteiger partial charge in [0.05, 0.1) is 5.69 Å². The van der Waals surface area contributed by atoms with Crippen LogP contribution in [0.4, 0.5) is 0 Å². The molecule has 1 aliphatic heterocycles. The molecule has 4 nitrogen and oxygen atoms in total. The summed E-state index contributed by atoms with van der Waals surface area (Å²) in [4.78, 5) is 20.4. The van der Waals surface area contributed by atoms with Gasteiger partial charge in [-0.1, -0.05) is 23.7 Å². The normalized spacial score (nSPS) is 20.1. The summed E-state index contributed by atoms with van der Waals surface area (Å²) in [6.07, 6.45) is 5.46. The number of nitrogens with zero attached hydrogens (tertiary/aromatic N) is 2. The highest BCUT2D eigenvalue weighted by molar-refractivity contribution is 7.14. The molecule has 3 rings (SSSR count). The maximum absolute atomic E-state index is 11.2. The summed E-state index contributed by atoms with van der Waals surface area (Å²) in [5.41, 5.74) is 0.655. The standard InChI is InChI=1S/C15H11ClN2O2S/c1-9-12(13(19)20)21-14(18-9)15(7-2-8-17-15)10-3-5-11(16)6-4-10/h2-8H,1H3,(H,19,20). The van der Waals surface area contributed by atoms with Gasteiger partial charge in [0.25, 0.3) is 0 Å². The van der Waals surface area contributed by atoms with E-state index in [4.69, 9.17) is 11.6 Å². The maximum Gasteiger partial charge on any atom is 0.347 e. The van der Waals surface area contributed by atoms with Gasteiger partial charge < -0.3 is 5.11 Å². The number of benzene rings is 1. The van der Waals surface area contributed by atoms with Crippen molar-refractivity contribution in [3.05, 3.63) is 62.6 Å². The number of hydrogen-bond acceptors (Lipinski definition) is 4. The summed E-state index contributed by atoms with van der Waals surface area (Å²) in [5, 5.41) is 10.5. The Kier molecular flexibility index (Phi) is 3.39. The minimum Gasteiger partial charge on any atom is -0.477 e. The number of aromatic nitrogens is 1. The lowest BCUT2D eigenvalue weighted by Crippen LogP contribution is -2.20. The molecule has 2 heterocycles. The van der Waals surface area contributed by atoms with Crippen molar-refractivity contribution >= 4 is 35.1 Å². The molecular formula is C15H11ClN2O2S. The van der Waals surface area contributed by atoms with Crippen molar-refractivity contribution in [3.8, 4) is 0 Å². The molecule has 0 fully saturated rings. The topological polar surface area (TPSA) is 62.5 Å². The molecule has 1 aromatic heterocycles. The third-order valence-corrected chi connectivity index (χ3v) is 4.82. The number of carbonyl (C=O) groups is 1. The van der Waals surface area contributed by atoms with Gasteiger partial charge in [-0.05, 0) is 36.8 Å². The van der Waals surface area contributed by atoms with Gasteiger partial charge in [0.15, 0.2) is 5.54 Å². The zero-order valence-electron chi connectivity index (χ0n) is 11.1. The van der Waals surface area contributed by atoms with Crippen LogP contribution in [0.2, 0.25) is 5.02 Å². The van der Waals surface area contributed by atoms with Crippen LogP contribution in [-0.2, 0) is 5.54 Å². The molecule has 6 heteroatoms. The lowest BCUT2D eigenvalue weighted by atomic mass is 9.92. The molecule has 0 saturated carbocycles. The van der Waals surface area contributed by atoms with Crippen molar-refractivity contribution in [3.63, 3.8) is 0 Å². The summed E-state index contributed by atoms with van der Waals surface area (Å²) in [5.74, 6) is -0.964. The Labute approximate surface area is 130 Å². The first-order chi connectivity index (χ1) is 10.0. The number of halogens is 1. The van der Waals surface area contributed by atoms with E-state index < -0.39 is 11.5 Å². The minimum atomic E-state index is -0.964. The second-order valence-corrected chi connectivity index (χ2v) is 6.08. The number of aryl methyl sites for hydroxylation is 1. The average molecular weight is 319 g/mol. The first-order valence-electron chi connectivity index (χ1n) is 6.23. The molecule has 0 amide bonds. The molecule has 0 aliphatic carbocycles. The van der Waals surface area contributed by atoms with Gasteiger partial charge in [0.1, 0.15) is 9.88 Å². The van der Waals surface area contributed by atoms with Crippen LogP contribution >= 0.6 is 22.9 Å². The zero-order chi connectivity index (χ0) is 15.0. The van der Waals surface area contributed by atoms with Gasteiger partial charge in [-0.2, -0.15) is 0 Å². The molecule has 1 unspecified atom stereocenters. The summed E-state index contributed by atoms with van der Waals surface area (Å²) < 4.78 is 0. The third-order valence-electron chi connectivity index (χ3n) is 3.30. The van der Waals surface area contributed by atoms with E-state index in [-0.39, 0.29) is 4.88 Å². The number of hydrogen-bond donors (Lipinski definition) is 1. The molecule has 1 aliphatic rings. The highest BCUT2D eigenvalue weighted by Gasteiger charge is 2.37. The van der Waals surface area contributed by atoms with E-state index in [0.717, 1.165) is 16.9 Å². The van der Waals surface area contributed by atoms with Gasteiger partial charge in [-0.25, -0.2) is 9.78 Å². The van der Waals surface area contributed by atoms with Crippen molar-refractivity contribution in [1.82, 2.24) is 4.98 Å². The molecule has 0 saturated heterocycles. The highest BCUT2D eigenvalue weighted by Crippen LogP contribution is 2.40. The molecule has 106 valence electrons. The first kappa shape index (κ1) is 14.0. The van der Waals surface area contributed by atoms with Crippen LogP contribution in [0, 0.1) is 6.92 Å². The monoisotopic (exact) mass is 318 g/mol. The minimum absolute atomic E-state index is 0.244. The van der Waals surface area contributed by atoms with Crippen molar-refractivity contribution in [2.75, 3.05) is 0 Å². The predicted octanol–water partition coefficient (Wildman–Crippen LogP) is 3.69. The Morgan fingerprint density at radius 1 is 1.33 bits per heavy atom.